The van der Waals surface area contributed by atoms with Crippen molar-refractivity contribution in [2.24, 2.45) is 10.7 Å². The number of fused-ring (bicyclic) bond motifs is 2. The van der Waals surface area contributed by atoms with Crippen LogP contribution >= 0.6 is 0 Å². The number of hydrogen-bond acceptors (Lipinski definition) is 8. The van der Waals surface area contributed by atoms with Crippen molar-refractivity contribution in [3.8, 4) is 0 Å². The molecule has 0 saturated heterocycles. The fourth-order valence-corrected chi connectivity index (χ4v) is 5.53. The molecule has 4 aliphatic rings. The summed E-state index contributed by atoms with van der Waals surface area (Å²) in [7, 11) is 0. The average molecular weight is 448 g/mol. The molecule has 33 heavy (non-hydrogen) atoms. The Balaban J connectivity index is 1.26. The Hall–Kier alpha value is -2.94. The van der Waals surface area contributed by atoms with Gasteiger partial charge in [0.15, 0.2) is 17.0 Å². The number of aromatic nitrogens is 4. The number of aliphatic imine (C=N–C) groups is 1. The highest BCUT2D eigenvalue weighted by Gasteiger charge is 2.27. The van der Waals surface area contributed by atoms with Crippen molar-refractivity contribution in [1.82, 2.24) is 24.8 Å². The van der Waals surface area contributed by atoms with E-state index in [9.17, 15) is 0 Å². The standard InChI is InChI=1S/C24H33N9/c25-15-9-11-16(12-10-15)28-24-31-22(26-13-20-29-18-7-3-4-8-19(18)30-20)21-23(32-24)33(14-27-21)17-5-1-2-6-17/h3-4,7-8,14-19H,1-2,5-6,9-13,25H2,(H,29,30)(H2,26,28,31,32). The van der Waals surface area contributed by atoms with Crippen LogP contribution in [0.15, 0.2) is 35.6 Å². The Morgan fingerprint density at radius 3 is 2.67 bits per heavy atom. The topological polar surface area (TPSA) is 118 Å². The number of amidine groups is 1. The van der Waals surface area contributed by atoms with E-state index in [0.717, 1.165) is 48.5 Å². The maximum atomic E-state index is 6.10. The second kappa shape index (κ2) is 8.78. The van der Waals surface area contributed by atoms with Gasteiger partial charge in [0.05, 0.1) is 25.0 Å². The molecule has 3 heterocycles. The lowest BCUT2D eigenvalue weighted by atomic mass is 9.92. The molecule has 3 aliphatic carbocycles. The lowest BCUT2D eigenvalue weighted by molar-refractivity contribution is 0.410. The van der Waals surface area contributed by atoms with Crippen molar-refractivity contribution in [2.75, 3.05) is 17.2 Å². The highest BCUT2D eigenvalue weighted by atomic mass is 15.2. The molecule has 9 nitrogen and oxygen atoms in total. The predicted octanol–water partition coefficient (Wildman–Crippen LogP) is 2.90. The van der Waals surface area contributed by atoms with E-state index in [-0.39, 0.29) is 12.1 Å². The number of nitrogens with zero attached hydrogens (tertiary/aromatic N) is 5. The van der Waals surface area contributed by atoms with E-state index in [1.54, 1.807) is 0 Å². The average Bonchev–Trinajstić information content (AvgIpc) is 3.58. The van der Waals surface area contributed by atoms with Gasteiger partial charge in [-0.25, -0.2) is 4.98 Å². The molecule has 0 bridgehead atoms. The van der Waals surface area contributed by atoms with Crippen LogP contribution in [0.4, 0.5) is 11.8 Å². The third kappa shape index (κ3) is 4.21. The molecule has 0 radical (unpaired) electrons. The summed E-state index contributed by atoms with van der Waals surface area (Å²) in [6, 6.07) is 1.57. The molecule has 0 spiro atoms. The van der Waals surface area contributed by atoms with Gasteiger partial charge in [0.1, 0.15) is 5.84 Å². The second-order valence-corrected chi connectivity index (χ2v) is 9.77. The second-order valence-electron chi connectivity index (χ2n) is 9.77. The van der Waals surface area contributed by atoms with Gasteiger partial charge in [-0.1, -0.05) is 37.1 Å². The van der Waals surface area contributed by atoms with E-state index in [0.29, 0.717) is 30.6 Å². The van der Waals surface area contributed by atoms with E-state index in [4.69, 9.17) is 25.7 Å². The number of rotatable bonds is 6. The smallest absolute Gasteiger partial charge is 0.227 e. The first kappa shape index (κ1) is 20.7. The minimum absolute atomic E-state index is 0.175. The van der Waals surface area contributed by atoms with Crippen LogP contribution in [0.2, 0.25) is 0 Å². The van der Waals surface area contributed by atoms with Crippen LogP contribution in [0.25, 0.3) is 11.2 Å². The van der Waals surface area contributed by atoms with Gasteiger partial charge in [-0.2, -0.15) is 9.97 Å². The summed E-state index contributed by atoms with van der Waals surface area (Å²) in [6.07, 6.45) is 19.5. The number of nitrogens with one attached hydrogen (secondary N) is 3. The third-order valence-electron chi connectivity index (χ3n) is 7.41. The van der Waals surface area contributed by atoms with E-state index in [1.807, 2.05) is 6.33 Å². The fraction of sp³-hybridized carbons (Fsp3) is 0.583. The molecule has 6 rings (SSSR count). The van der Waals surface area contributed by atoms with Crippen molar-refractivity contribution in [3.05, 3.63) is 30.6 Å². The molecule has 9 heteroatoms. The van der Waals surface area contributed by atoms with Crippen LogP contribution in [-0.4, -0.2) is 56.1 Å². The van der Waals surface area contributed by atoms with Crippen LogP contribution in [-0.2, 0) is 0 Å². The molecular weight excluding hydrogens is 414 g/mol. The van der Waals surface area contributed by atoms with Crippen molar-refractivity contribution in [3.63, 3.8) is 0 Å². The van der Waals surface area contributed by atoms with Gasteiger partial charge in [0.2, 0.25) is 5.95 Å². The van der Waals surface area contributed by atoms with Crippen molar-refractivity contribution in [1.29, 1.82) is 0 Å². The molecule has 174 valence electrons. The van der Waals surface area contributed by atoms with Crippen LogP contribution in [0.3, 0.4) is 0 Å². The largest absolute Gasteiger partial charge is 0.364 e. The quantitative estimate of drug-likeness (QED) is 0.538. The molecule has 2 aromatic rings. The van der Waals surface area contributed by atoms with Crippen LogP contribution in [0.5, 0.6) is 0 Å². The van der Waals surface area contributed by atoms with Gasteiger partial charge < -0.3 is 26.3 Å². The Morgan fingerprint density at radius 1 is 1.03 bits per heavy atom. The number of imidazole rings is 1. The van der Waals surface area contributed by atoms with E-state index >= 15 is 0 Å². The highest BCUT2D eigenvalue weighted by molar-refractivity contribution is 5.91. The highest BCUT2D eigenvalue weighted by Crippen LogP contribution is 2.33. The molecule has 2 atom stereocenters. The number of hydrogen-bond donors (Lipinski definition) is 4. The van der Waals surface area contributed by atoms with E-state index in [2.05, 4.69) is 44.8 Å². The van der Waals surface area contributed by atoms with E-state index < -0.39 is 0 Å². The summed E-state index contributed by atoms with van der Waals surface area (Å²) in [5, 5.41) is 10.6. The number of anilines is 2. The summed E-state index contributed by atoms with van der Waals surface area (Å²) >= 11 is 0. The Kier molecular flexibility index (Phi) is 5.49. The summed E-state index contributed by atoms with van der Waals surface area (Å²) in [5.41, 5.74) is 7.84. The maximum absolute atomic E-state index is 6.10. The summed E-state index contributed by atoms with van der Waals surface area (Å²) < 4.78 is 2.26. The zero-order valence-corrected chi connectivity index (χ0v) is 19.0. The summed E-state index contributed by atoms with van der Waals surface area (Å²) in [4.78, 5) is 19.3. The predicted molar refractivity (Wildman–Crippen MR) is 132 cm³/mol. The van der Waals surface area contributed by atoms with Gasteiger partial charge in [0.25, 0.3) is 0 Å². The molecule has 0 amide bonds. The van der Waals surface area contributed by atoms with Crippen molar-refractivity contribution in [2.45, 2.75) is 81.6 Å². The van der Waals surface area contributed by atoms with Crippen molar-refractivity contribution < 1.29 is 0 Å². The lowest BCUT2D eigenvalue weighted by Crippen LogP contribution is -2.35. The lowest BCUT2D eigenvalue weighted by Gasteiger charge is -2.27. The monoisotopic (exact) mass is 447 g/mol. The Bertz CT molecular complexity index is 1090. The molecule has 0 aromatic carbocycles. The summed E-state index contributed by atoms with van der Waals surface area (Å²) in [5.74, 6) is 2.38. The number of nitrogens with two attached hydrogens (primary N) is 1. The molecule has 5 N–H and O–H groups in total. The zero-order valence-electron chi connectivity index (χ0n) is 19.0. The molecule has 2 saturated carbocycles. The van der Waals surface area contributed by atoms with Gasteiger partial charge >= 0.3 is 0 Å². The molecule has 2 fully saturated rings. The van der Waals surface area contributed by atoms with E-state index in [1.165, 1.54) is 25.7 Å². The van der Waals surface area contributed by atoms with Crippen LogP contribution < -0.4 is 21.7 Å². The third-order valence-corrected chi connectivity index (χ3v) is 7.41. The van der Waals surface area contributed by atoms with Gasteiger partial charge in [-0.3, -0.25) is 4.99 Å². The first-order chi connectivity index (χ1) is 16.2. The first-order valence-electron chi connectivity index (χ1n) is 12.4. The number of allylic oxidation sites excluding steroid dienone is 2. The molecule has 2 unspecified atom stereocenters. The SMILES string of the molecule is NC1CCC(Nc2nc(NCC3=NC4C=CC=CC4N3)c3ncn(C4CCCC4)c3n2)CC1. The van der Waals surface area contributed by atoms with Crippen LogP contribution in [0, 0.1) is 0 Å². The van der Waals surface area contributed by atoms with Crippen molar-refractivity contribution >= 4 is 28.8 Å². The van der Waals surface area contributed by atoms with Gasteiger partial charge in [0, 0.05) is 18.1 Å². The molecular formula is C24H33N9. The minimum Gasteiger partial charge on any atom is -0.364 e. The summed E-state index contributed by atoms with van der Waals surface area (Å²) in [6.45, 7) is 0.578. The normalized spacial score (nSPS) is 29.2. The Labute approximate surface area is 194 Å². The molecule has 1 aliphatic heterocycles. The molecule has 2 aromatic heterocycles. The maximum Gasteiger partial charge on any atom is 0.227 e. The minimum atomic E-state index is 0.175. The van der Waals surface area contributed by atoms with Gasteiger partial charge in [-0.05, 0) is 38.5 Å². The first-order valence-corrected chi connectivity index (χ1v) is 12.4. The fourth-order valence-electron chi connectivity index (χ4n) is 5.53. The Morgan fingerprint density at radius 2 is 1.85 bits per heavy atom. The van der Waals surface area contributed by atoms with Crippen LogP contribution in [0.1, 0.15) is 57.4 Å². The van der Waals surface area contributed by atoms with Gasteiger partial charge in [-0.15, -0.1) is 0 Å². The zero-order chi connectivity index (χ0) is 22.2.